The van der Waals surface area contributed by atoms with E-state index in [9.17, 15) is 0 Å². The Hall–Kier alpha value is -2.72. The number of fused-ring (bicyclic) bond motifs is 1. The molecule has 3 aromatic rings. The van der Waals surface area contributed by atoms with Gasteiger partial charge in [0.15, 0.2) is 11.5 Å². The molecule has 0 aromatic heterocycles. The van der Waals surface area contributed by atoms with Gasteiger partial charge in [0.1, 0.15) is 5.75 Å². The van der Waals surface area contributed by atoms with Gasteiger partial charge in [-0.3, -0.25) is 0 Å². The molecule has 0 spiro atoms. The molecule has 0 radical (unpaired) electrons. The van der Waals surface area contributed by atoms with E-state index in [-0.39, 0.29) is 0 Å². The predicted octanol–water partition coefficient (Wildman–Crippen LogP) is 4.16. The first-order chi connectivity index (χ1) is 12.3. The van der Waals surface area contributed by atoms with Crippen LogP contribution in [0.2, 0.25) is 0 Å². The first-order valence-corrected chi connectivity index (χ1v) is 8.23. The lowest BCUT2D eigenvalue weighted by Gasteiger charge is -2.12. The van der Waals surface area contributed by atoms with Gasteiger partial charge in [0.25, 0.3) is 0 Å². The number of methoxy groups -OCH3 is 3. The Kier molecular flexibility index (Phi) is 5.41. The summed E-state index contributed by atoms with van der Waals surface area (Å²) in [6.07, 6.45) is 0. The van der Waals surface area contributed by atoms with E-state index >= 15 is 0 Å². The van der Waals surface area contributed by atoms with E-state index in [0.29, 0.717) is 0 Å². The van der Waals surface area contributed by atoms with Crippen LogP contribution in [0.15, 0.2) is 54.6 Å². The third kappa shape index (κ3) is 3.69. The van der Waals surface area contributed by atoms with Crippen LogP contribution in [-0.4, -0.2) is 21.3 Å². The largest absolute Gasteiger partial charge is 0.496 e. The minimum atomic E-state index is 0.743. The average molecular weight is 337 g/mol. The van der Waals surface area contributed by atoms with Crippen molar-refractivity contribution >= 4 is 10.8 Å². The lowest BCUT2D eigenvalue weighted by Crippen LogP contribution is -2.13. The molecule has 4 heteroatoms. The zero-order chi connectivity index (χ0) is 17.6. The summed E-state index contributed by atoms with van der Waals surface area (Å²) in [7, 11) is 5.00. The Morgan fingerprint density at radius 2 is 1.36 bits per heavy atom. The van der Waals surface area contributed by atoms with Crippen LogP contribution in [-0.2, 0) is 13.1 Å². The van der Waals surface area contributed by atoms with E-state index in [1.807, 2.05) is 30.3 Å². The molecule has 4 nitrogen and oxygen atoms in total. The maximum atomic E-state index is 5.46. The highest BCUT2D eigenvalue weighted by molar-refractivity contribution is 5.91. The molecule has 0 aliphatic carbocycles. The monoisotopic (exact) mass is 337 g/mol. The van der Waals surface area contributed by atoms with Crippen LogP contribution >= 0.6 is 0 Å². The van der Waals surface area contributed by atoms with Gasteiger partial charge in [-0.2, -0.15) is 0 Å². The van der Waals surface area contributed by atoms with Gasteiger partial charge in [-0.25, -0.2) is 0 Å². The van der Waals surface area contributed by atoms with E-state index in [1.54, 1.807) is 21.3 Å². The molecule has 3 rings (SSSR count). The minimum absolute atomic E-state index is 0.743. The molecular formula is C21H23NO3. The zero-order valence-electron chi connectivity index (χ0n) is 14.8. The van der Waals surface area contributed by atoms with E-state index in [2.05, 4.69) is 29.6 Å². The van der Waals surface area contributed by atoms with Crippen LogP contribution in [0.25, 0.3) is 10.8 Å². The Labute approximate surface area is 148 Å². The van der Waals surface area contributed by atoms with E-state index < -0.39 is 0 Å². The second kappa shape index (κ2) is 7.90. The summed E-state index contributed by atoms with van der Waals surface area (Å²) in [6, 6.07) is 18.4. The van der Waals surface area contributed by atoms with Gasteiger partial charge in [0, 0.05) is 18.5 Å². The fourth-order valence-electron chi connectivity index (χ4n) is 3.00. The van der Waals surface area contributed by atoms with Crippen molar-refractivity contribution in [3.05, 3.63) is 65.7 Å². The molecule has 0 saturated heterocycles. The maximum absolute atomic E-state index is 5.46. The summed E-state index contributed by atoms with van der Waals surface area (Å²) >= 11 is 0. The fourth-order valence-corrected chi connectivity index (χ4v) is 3.00. The van der Waals surface area contributed by atoms with Gasteiger partial charge in [0.05, 0.1) is 21.3 Å². The fraction of sp³-hybridized carbons (Fsp3) is 0.238. The highest BCUT2D eigenvalue weighted by Gasteiger charge is 2.07. The summed E-state index contributed by atoms with van der Waals surface area (Å²) < 4.78 is 16.1. The number of rotatable bonds is 7. The topological polar surface area (TPSA) is 39.7 Å². The van der Waals surface area contributed by atoms with Crippen LogP contribution in [0.5, 0.6) is 17.2 Å². The first-order valence-electron chi connectivity index (χ1n) is 8.23. The SMILES string of the molecule is COc1ccc(CNCc2ccc(OC)c3ccccc23)cc1OC. The molecule has 0 bridgehead atoms. The molecular weight excluding hydrogens is 314 g/mol. The molecule has 0 fully saturated rings. The van der Waals surface area contributed by atoms with Crippen molar-refractivity contribution in [3.63, 3.8) is 0 Å². The Morgan fingerprint density at radius 1 is 0.680 bits per heavy atom. The van der Waals surface area contributed by atoms with Crippen molar-refractivity contribution in [2.45, 2.75) is 13.1 Å². The lowest BCUT2D eigenvalue weighted by atomic mass is 10.0. The maximum Gasteiger partial charge on any atom is 0.161 e. The van der Waals surface area contributed by atoms with Gasteiger partial charge in [-0.15, -0.1) is 0 Å². The zero-order valence-corrected chi connectivity index (χ0v) is 14.8. The minimum Gasteiger partial charge on any atom is -0.496 e. The van der Waals surface area contributed by atoms with Gasteiger partial charge >= 0.3 is 0 Å². The summed E-state index contributed by atoms with van der Waals surface area (Å²) in [6.45, 7) is 1.53. The van der Waals surface area contributed by atoms with Crippen LogP contribution < -0.4 is 19.5 Å². The van der Waals surface area contributed by atoms with Crippen molar-refractivity contribution < 1.29 is 14.2 Å². The van der Waals surface area contributed by atoms with Crippen molar-refractivity contribution in [2.75, 3.05) is 21.3 Å². The molecule has 0 aliphatic rings. The van der Waals surface area contributed by atoms with Gasteiger partial charge in [-0.1, -0.05) is 36.4 Å². The second-order valence-corrected chi connectivity index (χ2v) is 5.77. The van der Waals surface area contributed by atoms with Crippen molar-refractivity contribution in [1.82, 2.24) is 5.32 Å². The van der Waals surface area contributed by atoms with Gasteiger partial charge < -0.3 is 19.5 Å². The quantitative estimate of drug-likeness (QED) is 0.703. The molecule has 0 amide bonds. The normalized spacial score (nSPS) is 10.7. The number of nitrogens with one attached hydrogen (secondary N) is 1. The summed E-state index contributed by atoms with van der Waals surface area (Å²) in [5.74, 6) is 2.39. The standard InChI is InChI=1S/C21H23NO3/c1-23-19-11-9-16(17-6-4-5-7-18(17)19)14-22-13-15-8-10-20(24-2)21(12-15)25-3/h4-12,22H,13-14H2,1-3H3. The highest BCUT2D eigenvalue weighted by atomic mass is 16.5. The summed E-state index contributed by atoms with van der Waals surface area (Å²) in [5, 5.41) is 5.84. The molecule has 130 valence electrons. The van der Waals surface area contributed by atoms with Crippen LogP contribution in [0.3, 0.4) is 0 Å². The molecule has 0 unspecified atom stereocenters. The van der Waals surface area contributed by atoms with Crippen molar-refractivity contribution in [2.24, 2.45) is 0 Å². The molecule has 0 saturated carbocycles. The van der Waals surface area contributed by atoms with Crippen molar-refractivity contribution in [3.8, 4) is 17.2 Å². The van der Waals surface area contributed by atoms with Crippen LogP contribution in [0.1, 0.15) is 11.1 Å². The summed E-state index contributed by atoms with van der Waals surface area (Å²) in [4.78, 5) is 0. The predicted molar refractivity (Wildman–Crippen MR) is 101 cm³/mol. The van der Waals surface area contributed by atoms with Crippen LogP contribution in [0.4, 0.5) is 0 Å². The van der Waals surface area contributed by atoms with Gasteiger partial charge in [0.2, 0.25) is 0 Å². The third-order valence-corrected chi connectivity index (χ3v) is 4.29. The number of hydrogen-bond donors (Lipinski definition) is 1. The first kappa shape index (κ1) is 17.1. The Balaban J connectivity index is 1.73. The molecule has 25 heavy (non-hydrogen) atoms. The molecule has 3 aromatic carbocycles. The second-order valence-electron chi connectivity index (χ2n) is 5.77. The van der Waals surface area contributed by atoms with Gasteiger partial charge in [-0.05, 0) is 34.7 Å². The average Bonchev–Trinajstić information content (AvgIpc) is 2.67. The van der Waals surface area contributed by atoms with E-state index in [0.717, 1.165) is 41.3 Å². The Morgan fingerprint density at radius 3 is 2.08 bits per heavy atom. The van der Waals surface area contributed by atoms with Crippen LogP contribution in [0, 0.1) is 0 Å². The molecule has 0 atom stereocenters. The highest BCUT2D eigenvalue weighted by Crippen LogP contribution is 2.29. The third-order valence-electron chi connectivity index (χ3n) is 4.29. The molecule has 0 aliphatic heterocycles. The van der Waals surface area contributed by atoms with E-state index in [1.165, 1.54) is 10.9 Å². The number of benzene rings is 3. The smallest absolute Gasteiger partial charge is 0.161 e. The van der Waals surface area contributed by atoms with Crippen molar-refractivity contribution in [1.29, 1.82) is 0 Å². The number of hydrogen-bond acceptors (Lipinski definition) is 4. The molecule has 1 N–H and O–H groups in total. The molecule has 0 heterocycles. The Bertz CT molecular complexity index is 861. The van der Waals surface area contributed by atoms with E-state index in [4.69, 9.17) is 14.2 Å². The number of ether oxygens (including phenoxy) is 3. The summed E-state index contributed by atoms with van der Waals surface area (Å²) in [5.41, 5.74) is 2.40. The lowest BCUT2D eigenvalue weighted by molar-refractivity contribution is 0.354.